The fourth-order valence-corrected chi connectivity index (χ4v) is 1.01. The molecule has 2 aromatic rings. The van der Waals surface area contributed by atoms with E-state index >= 15 is 0 Å². The Kier molecular flexibility index (Phi) is 2.73. The van der Waals surface area contributed by atoms with Gasteiger partial charge in [0.1, 0.15) is 12.0 Å². The maximum absolute atomic E-state index is 10.9. The van der Waals surface area contributed by atoms with E-state index in [1.54, 1.807) is 6.07 Å². The molecule has 2 aromatic heterocycles. The number of ether oxygens (including phenoxy) is 1. The van der Waals surface area contributed by atoms with Gasteiger partial charge in [-0.05, 0) is 6.07 Å². The molecule has 6 heteroatoms. The standard InChI is InChI=1S/C10H7N4O2/c11-10(15)8-2-1-3-9(14-8)16-7-4-12-6-13-5-7/h1,3-6H,(H2,11,15). The number of aromatic nitrogens is 3. The highest BCUT2D eigenvalue weighted by Crippen LogP contribution is 2.16. The Hall–Kier alpha value is -2.50. The molecule has 0 saturated carbocycles. The molecule has 2 heterocycles. The third-order valence-corrected chi connectivity index (χ3v) is 1.66. The number of primary amides is 1. The minimum absolute atomic E-state index is 0.0225. The van der Waals surface area contributed by atoms with Crippen LogP contribution in [0, 0.1) is 6.07 Å². The summed E-state index contributed by atoms with van der Waals surface area (Å²) in [6.07, 6.45) is 4.35. The SMILES string of the molecule is NC(=O)c1[c]ccc(Oc2cncnc2)n1. The van der Waals surface area contributed by atoms with E-state index in [2.05, 4.69) is 21.0 Å². The van der Waals surface area contributed by atoms with Gasteiger partial charge in [-0.15, -0.1) is 0 Å². The van der Waals surface area contributed by atoms with E-state index in [0.29, 0.717) is 5.75 Å². The highest BCUT2D eigenvalue weighted by Gasteiger charge is 2.05. The van der Waals surface area contributed by atoms with Crippen molar-refractivity contribution in [2.45, 2.75) is 0 Å². The van der Waals surface area contributed by atoms with Gasteiger partial charge in [0.05, 0.1) is 12.4 Å². The summed E-state index contributed by atoms with van der Waals surface area (Å²) in [5.74, 6) is 0.00809. The van der Waals surface area contributed by atoms with Gasteiger partial charge in [-0.1, -0.05) is 0 Å². The van der Waals surface area contributed by atoms with E-state index in [4.69, 9.17) is 10.5 Å². The van der Waals surface area contributed by atoms with Gasteiger partial charge < -0.3 is 10.5 Å². The number of carbonyl (C=O) groups excluding carboxylic acids is 1. The van der Waals surface area contributed by atoms with E-state index in [-0.39, 0.29) is 11.6 Å². The topological polar surface area (TPSA) is 91.0 Å². The molecule has 0 atom stereocenters. The maximum Gasteiger partial charge on any atom is 0.268 e. The molecule has 16 heavy (non-hydrogen) atoms. The second-order valence-corrected chi connectivity index (χ2v) is 2.82. The number of hydrogen-bond acceptors (Lipinski definition) is 5. The molecule has 1 amide bonds. The van der Waals surface area contributed by atoms with Crippen LogP contribution in [0.2, 0.25) is 0 Å². The number of hydrogen-bond donors (Lipinski definition) is 1. The number of nitrogens with zero attached hydrogens (tertiary/aromatic N) is 3. The Labute approximate surface area is 91.1 Å². The van der Waals surface area contributed by atoms with E-state index in [1.165, 1.54) is 24.8 Å². The molecule has 0 aliphatic heterocycles. The average molecular weight is 215 g/mol. The first-order valence-corrected chi connectivity index (χ1v) is 4.37. The van der Waals surface area contributed by atoms with Crippen molar-refractivity contribution in [2.75, 3.05) is 0 Å². The zero-order chi connectivity index (χ0) is 11.4. The van der Waals surface area contributed by atoms with Gasteiger partial charge in [-0.2, -0.15) is 0 Å². The number of carbonyl (C=O) groups is 1. The summed E-state index contributed by atoms with van der Waals surface area (Å²) >= 11 is 0. The summed E-state index contributed by atoms with van der Waals surface area (Å²) in [6.45, 7) is 0. The van der Waals surface area contributed by atoms with Gasteiger partial charge in [0.2, 0.25) is 5.88 Å². The summed E-state index contributed by atoms with van der Waals surface area (Å²) in [6, 6.07) is 5.66. The Bertz CT molecular complexity index is 501. The largest absolute Gasteiger partial charge is 0.436 e. The Balaban J connectivity index is 2.22. The van der Waals surface area contributed by atoms with Crippen LogP contribution in [-0.4, -0.2) is 20.9 Å². The molecule has 0 fully saturated rings. The summed E-state index contributed by atoms with van der Waals surface area (Å²) < 4.78 is 5.31. The van der Waals surface area contributed by atoms with Crippen LogP contribution in [-0.2, 0) is 0 Å². The molecule has 0 saturated heterocycles. The van der Waals surface area contributed by atoms with Gasteiger partial charge >= 0.3 is 0 Å². The van der Waals surface area contributed by atoms with Gasteiger partial charge in [0.25, 0.3) is 5.91 Å². The predicted molar refractivity (Wildman–Crippen MR) is 53.7 cm³/mol. The smallest absolute Gasteiger partial charge is 0.268 e. The number of amides is 1. The fourth-order valence-electron chi connectivity index (χ4n) is 1.01. The lowest BCUT2D eigenvalue weighted by atomic mass is 10.3. The Morgan fingerprint density at radius 1 is 1.38 bits per heavy atom. The molecule has 0 bridgehead atoms. The van der Waals surface area contributed by atoms with E-state index in [1.807, 2.05) is 0 Å². The number of rotatable bonds is 3. The van der Waals surface area contributed by atoms with Crippen LogP contribution < -0.4 is 10.5 Å². The molecule has 6 nitrogen and oxygen atoms in total. The van der Waals surface area contributed by atoms with Crippen molar-refractivity contribution in [1.29, 1.82) is 0 Å². The molecule has 2 N–H and O–H groups in total. The summed E-state index contributed by atoms with van der Waals surface area (Å²) in [4.78, 5) is 22.3. The van der Waals surface area contributed by atoms with Crippen LogP contribution >= 0.6 is 0 Å². The number of nitrogens with two attached hydrogens (primary N) is 1. The van der Waals surface area contributed by atoms with Crippen molar-refractivity contribution in [3.8, 4) is 11.6 Å². The zero-order valence-corrected chi connectivity index (χ0v) is 8.12. The Morgan fingerprint density at radius 3 is 2.81 bits per heavy atom. The first kappa shape index (κ1) is 10.0. The van der Waals surface area contributed by atoms with Crippen LogP contribution in [0.5, 0.6) is 11.6 Å². The third kappa shape index (κ3) is 2.30. The minimum Gasteiger partial charge on any atom is -0.436 e. The Morgan fingerprint density at radius 2 is 2.12 bits per heavy atom. The second-order valence-electron chi connectivity index (χ2n) is 2.82. The molecule has 79 valence electrons. The summed E-state index contributed by atoms with van der Waals surface area (Å²) in [5.41, 5.74) is 5.09. The highest BCUT2D eigenvalue weighted by molar-refractivity contribution is 5.90. The maximum atomic E-state index is 10.9. The van der Waals surface area contributed by atoms with Crippen LogP contribution in [0.25, 0.3) is 0 Å². The highest BCUT2D eigenvalue weighted by atomic mass is 16.5. The van der Waals surface area contributed by atoms with Crippen LogP contribution in [0.15, 0.2) is 30.9 Å². The molecular weight excluding hydrogens is 208 g/mol. The quantitative estimate of drug-likeness (QED) is 0.807. The summed E-state index contributed by atoms with van der Waals surface area (Å²) in [5, 5.41) is 0. The monoisotopic (exact) mass is 215 g/mol. The van der Waals surface area contributed by atoms with Crippen molar-refractivity contribution in [3.05, 3.63) is 42.6 Å². The predicted octanol–water partition coefficient (Wildman–Crippen LogP) is 0.563. The lowest BCUT2D eigenvalue weighted by Gasteiger charge is -2.03. The zero-order valence-electron chi connectivity index (χ0n) is 8.12. The molecule has 0 aliphatic carbocycles. The second kappa shape index (κ2) is 4.35. The molecule has 0 spiro atoms. The van der Waals surface area contributed by atoms with E-state index < -0.39 is 5.91 Å². The summed E-state index contributed by atoms with van der Waals surface area (Å²) in [7, 11) is 0. The third-order valence-electron chi connectivity index (χ3n) is 1.66. The fraction of sp³-hybridized carbons (Fsp3) is 0. The normalized spacial score (nSPS) is 9.75. The van der Waals surface area contributed by atoms with Gasteiger partial charge in [0, 0.05) is 12.1 Å². The van der Waals surface area contributed by atoms with Gasteiger partial charge in [0.15, 0.2) is 5.75 Å². The minimum atomic E-state index is -0.658. The number of pyridine rings is 1. The molecular formula is C10H7N4O2. The molecule has 1 radical (unpaired) electrons. The van der Waals surface area contributed by atoms with E-state index in [9.17, 15) is 4.79 Å². The lowest BCUT2D eigenvalue weighted by molar-refractivity contribution is 0.0994. The van der Waals surface area contributed by atoms with Crippen LogP contribution in [0.4, 0.5) is 0 Å². The van der Waals surface area contributed by atoms with Crippen LogP contribution in [0.3, 0.4) is 0 Å². The van der Waals surface area contributed by atoms with Crippen molar-refractivity contribution in [2.24, 2.45) is 5.73 Å². The molecule has 0 aliphatic rings. The van der Waals surface area contributed by atoms with E-state index in [0.717, 1.165) is 0 Å². The lowest BCUT2D eigenvalue weighted by Crippen LogP contribution is -2.13. The van der Waals surface area contributed by atoms with Crippen molar-refractivity contribution < 1.29 is 9.53 Å². The molecule has 0 unspecified atom stereocenters. The molecule has 2 rings (SSSR count). The van der Waals surface area contributed by atoms with Gasteiger partial charge in [-0.3, -0.25) is 4.79 Å². The van der Waals surface area contributed by atoms with Crippen molar-refractivity contribution in [3.63, 3.8) is 0 Å². The van der Waals surface area contributed by atoms with Crippen LogP contribution in [0.1, 0.15) is 10.5 Å². The first-order chi connectivity index (χ1) is 7.75. The average Bonchev–Trinajstić information content (AvgIpc) is 2.30. The van der Waals surface area contributed by atoms with Gasteiger partial charge in [-0.25, -0.2) is 15.0 Å². The van der Waals surface area contributed by atoms with Crippen molar-refractivity contribution >= 4 is 5.91 Å². The first-order valence-electron chi connectivity index (χ1n) is 4.37. The molecule has 0 aromatic carbocycles. The van der Waals surface area contributed by atoms with Crippen molar-refractivity contribution in [1.82, 2.24) is 15.0 Å².